The summed E-state index contributed by atoms with van der Waals surface area (Å²) < 4.78 is 7.40. The van der Waals surface area contributed by atoms with Crippen molar-refractivity contribution >= 4 is 29.0 Å². The van der Waals surface area contributed by atoms with Gasteiger partial charge in [0.05, 0.1) is 4.88 Å². The number of thiophene rings is 1. The highest BCUT2D eigenvalue weighted by atomic mass is 32.1. The lowest BCUT2D eigenvalue weighted by Gasteiger charge is -2.33. The molecule has 0 bridgehead atoms. The highest BCUT2D eigenvalue weighted by Crippen LogP contribution is 2.33. The van der Waals surface area contributed by atoms with Gasteiger partial charge in [-0.15, -0.1) is 11.3 Å². The summed E-state index contributed by atoms with van der Waals surface area (Å²) in [5.74, 6) is 0.304. The maximum Gasteiger partial charge on any atom is 0.410 e. The van der Waals surface area contributed by atoms with E-state index in [1.807, 2.05) is 61.8 Å². The lowest BCUT2D eigenvalue weighted by molar-refractivity contribution is 0.0205. The molecule has 7 nitrogen and oxygen atoms in total. The largest absolute Gasteiger partial charge is 0.444 e. The molecule has 4 rings (SSSR count). The van der Waals surface area contributed by atoms with Gasteiger partial charge in [0, 0.05) is 43.1 Å². The predicted molar refractivity (Wildman–Crippen MR) is 120 cm³/mol. The number of likely N-dealkylation sites (tertiary alicyclic amines) is 1. The van der Waals surface area contributed by atoms with Gasteiger partial charge in [-0.2, -0.15) is 0 Å². The number of nitrogens with zero attached hydrogens (tertiary/aromatic N) is 3. The molecule has 0 aliphatic carbocycles. The van der Waals surface area contributed by atoms with Crippen molar-refractivity contribution in [2.75, 3.05) is 13.1 Å². The van der Waals surface area contributed by atoms with Crippen molar-refractivity contribution < 1.29 is 14.3 Å². The summed E-state index contributed by atoms with van der Waals surface area (Å²) in [4.78, 5) is 32.8. The molecule has 1 saturated heterocycles. The third-order valence-corrected chi connectivity index (χ3v) is 6.56. The van der Waals surface area contributed by atoms with Crippen LogP contribution in [-0.2, 0) is 11.3 Å². The minimum atomic E-state index is -0.478. The summed E-state index contributed by atoms with van der Waals surface area (Å²) in [6.07, 6.45) is 7.10. The fraction of sp³-hybridized carbons (Fsp3) is 0.435. The Bertz CT molecular complexity index is 1070. The van der Waals surface area contributed by atoms with Crippen LogP contribution in [0.25, 0.3) is 5.65 Å². The number of aromatic nitrogens is 2. The lowest BCUT2D eigenvalue weighted by atomic mass is 9.95. The van der Waals surface area contributed by atoms with Gasteiger partial charge < -0.3 is 19.4 Å². The van der Waals surface area contributed by atoms with Gasteiger partial charge in [-0.25, -0.2) is 9.78 Å². The van der Waals surface area contributed by atoms with Crippen molar-refractivity contribution in [2.45, 2.75) is 51.7 Å². The Balaban J connectivity index is 1.29. The number of piperidine rings is 1. The van der Waals surface area contributed by atoms with Crippen molar-refractivity contribution in [1.29, 1.82) is 0 Å². The third-order valence-electron chi connectivity index (χ3n) is 5.31. The highest BCUT2D eigenvalue weighted by molar-refractivity contribution is 7.14. The molecule has 8 heteroatoms. The minimum Gasteiger partial charge on any atom is -0.444 e. The molecule has 0 unspecified atom stereocenters. The van der Waals surface area contributed by atoms with E-state index < -0.39 is 5.60 Å². The average Bonchev–Trinajstić information content (AvgIpc) is 3.40. The van der Waals surface area contributed by atoms with Crippen LogP contribution in [0.1, 0.15) is 59.6 Å². The van der Waals surface area contributed by atoms with Crippen LogP contribution in [0.2, 0.25) is 0 Å². The summed E-state index contributed by atoms with van der Waals surface area (Å²) in [6.45, 7) is 7.46. The van der Waals surface area contributed by atoms with Crippen molar-refractivity contribution in [2.24, 2.45) is 0 Å². The Morgan fingerprint density at radius 1 is 1.19 bits per heavy atom. The van der Waals surface area contributed by atoms with Crippen molar-refractivity contribution in [3.63, 3.8) is 0 Å². The topological polar surface area (TPSA) is 75.9 Å². The Kier molecular flexibility index (Phi) is 6.00. The van der Waals surface area contributed by atoms with Gasteiger partial charge in [0.15, 0.2) is 0 Å². The van der Waals surface area contributed by atoms with Gasteiger partial charge >= 0.3 is 6.09 Å². The molecule has 1 fully saturated rings. The molecule has 2 amide bonds. The molecule has 0 radical (unpaired) electrons. The molecule has 3 aromatic rings. The van der Waals surface area contributed by atoms with Crippen LogP contribution < -0.4 is 5.32 Å². The monoisotopic (exact) mass is 440 g/mol. The number of carbonyl (C=O) groups excluding carboxylic acids is 2. The molecule has 4 heterocycles. The van der Waals surface area contributed by atoms with E-state index in [0.717, 1.165) is 24.1 Å². The first-order chi connectivity index (χ1) is 14.8. The number of ether oxygens (including phenoxy) is 1. The smallest absolute Gasteiger partial charge is 0.410 e. The molecule has 0 atom stereocenters. The third kappa shape index (κ3) is 5.25. The van der Waals surface area contributed by atoms with E-state index >= 15 is 0 Å². The Labute approximate surface area is 186 Å². The van der Waals surface area contributed by atoms with Crippen LogP contribution in [0.5, 0.6) is 0 Å². The van der Waals surface area contributed by atoms with Crippen LogP contribution in [0, 0.1) is 0 Å². The van der Waals surface area contributed by atoms with Gasteiger partial charge in [0.2, 0.25) is 0 Å². The van der Waals surface area contributed by atoms with Gasteiger partial charge in [-0.1, -0.05) is 0 Å². The number of hydrogen-bond donors (Lipinski definition) is 1. The molecule has 0 saturated carbocycles. The van der Waals surface area contributed by atoms with E-state index in [-0.39, 0.29) is 12.0 Å². The molecule has 0 aromatic carbocycles. The average molecular weight is 441 g/mol. The SMILES string of the molecule is CC(C)(C)OC(=O)N1CCC(c2ccc(C(=O)NCc3ccn4ccnc4c3)s2)CC1. The number of rotatable bonds is 4. The van der Waals surface area contributed by atoms with Crippen molar-refractivity contribution in [3.05, 3.63) is 58.2 Å². The van der Waals surface area contributed by atoms with Crippen LogP contribution in [0.4, 0.5) is 4.79 Å². The number of carbonyl (C=O) groups is 2. The molecule has 3 aromatic heterocycles. The van der Waals surface area contributed by atoms with E-state index in [1.54, 1.807) is 22.4 Å². The Morgan fingerprint density at radius 2 is 1.97 bits per heavy atom. The summed E-state index contributed by atoms with van der Waals surface area (Å²) >= 11 is 1.54. The number of imidazole rings is 1. The second-order valence-electron chi connectivity index (χ2n) is 8.85. The van der Waals surface area contributed by atoms with E-state index in [0.29, 0.717) is 30.4 Å². The van der Waals surface area contributed by atoms with Crippen molar-refractivity contribution in [1.82, 2.24) is 19.6 Å². The molecule has 1 aliphatic rings. The molecule has 31 heavy (non-hydrogen) atoms. The zero-order valence-electron chi connectivity index (χ0n) is 18.1. The number of hydrogen-bond acceptors (Lipinski definition) is 5. The fourth-order valence-corrected chi connectivity index (χ4v) is 4.79. The second kappa shape index (κ2) is 8.70. The number of nitrogens with one attached hydrogen (secondary N) is 1. The summed E-state index contributed by atoms with van der Waals surface area (Å²) in [6, 6.07) is 7.89. The standard InChI is InChI=1S/C23H28N4O3S/c1-23(2,3)30-22(29)27-11-7-17(8-12-27)18-4-5-19(31-18)21(28)25-15-16-6-10-26-13-9-24-20(26)14-16/h4-6,9-10,13-14,17H,7-8,11-12,15H2,1-3H3,(H,25,28). The summed E-state index contributed by atoms with van der Waals surface area (Å²) in [7, 11) is 0. The number of pyridine rings is 1. The van der Waals surface area contributed by atoms with E-state index in [1.165, 1.54) is 4.88 Å². The molecule has 164 valence electrons. The number of amides is 2. The first kappa shape index (κ1) is 21.4. The first-order valence-electron chi connectivity index (χ1n) is 10.6. The molecular weight excluding hydrogens is 412 g/mol. The van der Waals surface area contributed by atoms with E-state index in [2.05, 4.69) is 10.3 Å². The van der Waals surface area contributed by atoms with E-state index in [9.17, 15) is 9.59 Å². The fourth-order valence-electron chi connectivity index (χ4n) is 3.70. The zero-order chi connectivity index (χ0) is 22.0. The van der Waals surface area contributed by atoms with Crippen LogP contribution >= 0.6 is 11.3 Å². The Morgan fingerprint density at radius 3 is 2.71 bits per heavy atom. The van der Waals surface area contributed by atoms with Crippen LogP contribution in [0.3, 0.4) is 0 Å². The second-order valence-corrected chi connectivity index (χ2v) is 9.97. The minimum absolute atomic E-state index is 0.0642. The summed E-state index contributed by atoms with van der Waals surface area (Å²) in [5.41, 5.74) is 1.40. The quantitative estimate of drug-likeness (QED) is 0.651. The maximum atomic E-state index is 12.6. The van der Waals surface area contributed by atoms with Crippen LogP contribution in [-0.4, -0.2) is 45.0 Å². The van der Waals surface area contributed by atoms with Gasteiger partial charge in [0.1, 0.15) is 11.2 Å². The first-order valence-corrected chi connectivity index (χ1v) is 11.4. The normalized spacial score (nSPS) is 15.3. The predicted octanol–water partition coefficient (Wildman–Crippen LogP) is 4.44. The van der Waals surface area contributed by atoms with Gasteiger partial charge in [-0.3, -0.25) is 4.79 Å². The van der Waals surface area contributed by atoms with E-state index in [4.69, 9.17) is 4.74 Å². The van der Waals surface area contributed by atoms with Gasteiger partial charge in [0.25, 0.3) is 5.91 Å². The lowest BCUT2D eigenvalue weighted by Crippen LogP contribution is -2.41. The van der Waals surface area contributed by atoms with Crippen molar-refractivity contribution in [3.8, 4) is 0 Å². The maximum absolute atomic E-state index is 12.6. The molecular formula is C23H28N4O3S. The van der Waals surface area contributed by atoms with Crippen LogP contribution in [0.15, 0.2) is 42.9 Å². The molecule has 1 aliphatic heterocycles. The molecule has 0 spiro atoms. The molecule has 1 N–H and O–H groups in total. The highest BCUT2D eigenvalue weighted by Gasteiger charge is 2.28. The number of fused-ring (bicyclic) bond motifs is 1. The van der Waals surface area contributed by atoms with Gasteiger partial charge in [-0.05, 0) is 69.4 Å². The summed E-state index contributed by atoms with van der Waals surface area (Å²) in [5, 5.41) is 3.00. The Hall–Kier alpha value is -2.87. The zero-order valence-corrected chi connectivity index (χ0v) is 18.9.